The third-order valence-corrected chi connectivity index (χ3v) is 5.89. The molecule has 0 fully saturated rings. The Labute approximate surface area is 186 Å². The molecule has 1 amide bonds. The Balaban J connectivity index is 1.34. The van der Waals surface area contributed by atoms with Gasteiger partial charge in [0.25, 0.3) is 0 Å². The van der Waals surface area contributed by atoms with E-state index in [-0.39, 0.29) is 37.8 Å². The Morgan fingerprint density at radius 1 is 1.09 bits per heavy atom. The standard InChI is InChI=1S/C21H26N2O8S/c1-2-28-16-3-6-18(7-4-16)32(26,27)23-10-9-21(25)22-12-15(24)13-29-17-5-8-19-20(11-17)31-14-30-19/h3-8,11,15,23-24H,2,9-10,12-14H2,1H3,(H,22,25). The van der Waals surface area contributed by atoms with Gasteiger partial charge in [-0.15, -0.1) is 0 Å². The molecule has 2 aromatic carbocycles. The second-order valence-electron chi connectivity index (χ2n) is 6.84. The molecule has 0 bridgehead atoms. The van der Waals surface area contributed by atoms with Crippen molar-refractivity contribution in [2.24, 2.45) is 0 Å². The molecule has 1 aliphatic heterocycles. The van der Waals surface area contributed by atoms with Gasteiger partial charge in [0.2, 0.25) is 22.7 Å². The second kappa shape index (κ2) is 11.0. The van der Waals surface area contributed by atoms with Crippen molar-refractivity contribution in [3.8, 4) is 23.0 Å². The Bertz CT molecular complexity index is 1010. The number of carbonyl (C=O) groups is 1. The highest BCUT2D eigenvalue weighted by Crippen LogP contribution is 2.35. The number of aliphatic hydroxyl groups excluding tert-OH is 1. The lowest BCUT2D eigenvalue weighted by molar-refractivity contribution is -0.121. The van der Waals surface area contributed by atoms with E-state index in [4.69, 9.17) is 18.9 Å². The van der Waals surface area contributed by atoms with Crippen molar-refractivity contribution >= 4 is 15.9 Å². The normalized spacial score (nSPS) is 13.4. The van der Waals surface area contributed by atoms with E-state index in [9.17, 15) is 18.3 Å². The number of amides is 1. The van der Waals surface area contributed by atoms with Gasteiger partial charge in [0.1, 0.15) is 24.2 Å². The van der Waals surface area contributed by atoms with Crippen LogP contribution in [-0.2, 0) is 14.8 Å². The van der Waals surface area contributed by atoms with Crippen LogP contribution in [0.3, 0.4) is 0 Å². The first-order valence-corrected chi connectivity index (χ1v) is 11.6. The first kappa shape index (κ1) is 23.6. The van der Waals surface area contributed by atoms with E-state index in [1.165, 1.54) is 12.1 Å². The molecule has 0 aliphatic carbocycles. The highest BCUT2D eigenvalue weighted by molar-refractivity contribution is 7.89. The van der Waals surface area contributed by atoms with Gasteiger partial charge in [-0.1, -0.05) is 0 Å². The van der Waals surface area contributed by atoms with Crippen molar-refractivity contribution in [2.75, 3.05) is 33.1 Å². The summed E-state index contributed by atoms with van der Waals surface area (Å²) in [5.41, 5.74) is 0. The quantitative estimate of drug-likeness (QED) is 0.423. The van der Waals surface area contributed by atoms with Crippen molar-refractivity contribution in [2.45, 2.75) is 24.3 Å². The molecule has 174 valence electrons. The van der Waals surface area contributed by atoms with Gasteiger partial charge in [0, 0.05) is 25.6 Å². The molecule has 1 atom stereocenters. The fourth-order valence-corrected chi connectivity index (χ4v) is 3.83. The minimum Gasteiger partial charge on any atom is -0.494 e. The molecule has 32 heavy (non-hydrogen) atoms. The van der Waals surface area contributed by atoms with Crippen LogP contribution < -0.4 is 29.0 Å². The van der Waals surface area contributed by atoms with E-state index in [0.29, 0.717) is 29.6 Å². The molecular formula is C21H26N2O8S. The average Bonchev–Trinajstić information content (AvgIpc) is 3.25. The molecule has 3 N–H and O–H groups in total. The van der Waals surface area contributed by atoms with Crippen molar-refractivity contribution < 1.29 is 37.3 Å². The molecule has 10 nitrogen and oxygen atoms in total. The lowest BCUT2D eigenvalue weighted by Gasteiger charge is -2.14. The van der Waals surface area contributed by atoms with Gasteiger partial charge in [0.15, 0.2) is 11.5 Å². The number of hydrogen-bond donors (Lipinski definition) is 3. The van der Waals surface area contributed by atoms with Gasteiger partial charge in [-0.25, -0.2) is 13.1 Å². The minimum atomic E-state index is -3.74. The molecule has 0 saturated carbocycles. The van der Waals surface area contributed by atoms with Crippen LogP contribution in [0.2, 0.25) is 0 Å². The van der Waals surface area contributed by atoms with Crippen molar-refractivity contribution in [1.82, 2.24) is 10.0 Å². The summed E-state index contributed by atoms with van der Waals surface area (Å²) in [6.07, 6.45) is -1.02. The van der Waals surface area contributed by atoms with E-state index in [1.54, 1.807) is 30.3 Å². The van der Waals surface area contributed by atoms with Gasteiger partial charge in [-0.3, -0.25) is 4.79 Å². The molecule has 0 saturated heterocycles. The highest BCUT2D eigenvalue weighted by atomic mass is 32.2. The van der Waals surface area contributed by atoms with Crippen LogP contribution in [0.1, 0.15) is 13.3 Å². The summed E-state index contributed by atoms with van der Waals surface area (Å²) in [5.74, 6) is 1.87. The lowest BCUT2D eigenvalue weighted by atomic mass is 10.3. The summed E-state index contributed by atoms with van der Waals surface area (Å²) in [4.78, 5) is 12.0. The molecule has 1 heterocycles. The Hall–Kier alpha value is -3.02. The summed E-state index contributed by atoms with van der Waals surface area (Å²) in [6, 6.07) is 11.1. The maximum Gasteiger partial charge on any atom is 0.240 e. The average molecular weight is 467 g/mol. The molecule has 2 aromatic rings. The van der Waals surface area contributed by atoms with Gasteiger partial charge < -0.3 is 29.4 Å². The van der Waals surface area contributed by atoms with Crippen LogP contribution in [0.5, 0.6) is 23.0 Å². The molecule has 1 unspecified atom stereocenters. The summed E-state index contributed by atoms with van der Waals surface area (Å²) in [7, 11) is -3.74. The van der Waals surface area contributed by atoms with Gasteiger partial charge in [0.05, 0.1) is 11.5 Å². The van der Waals surface area contributed by atoms with Crippen molar-refractivity contribution in [1.29, 1.82) is 0 Å². The first-order chi connectivity index (χ1) is 15.4. The first-order valence-electron chi connectivity index (χ1n) is 10.1. The fourth-order valence-electron chi connectivity index (χ4n) is 2.80. The Morgan fingerprint density at radius 2 is 1.81 bits per heavy atom. The van der Waals surface area contributed by atoms with Crippen LogP contribution in [0.4, 0.5) is 0 Å². The second-order valence-corrected chi connectivity index (χ2v) is 8.60. The summed E-state index contributed by atoms with van der Waals surface area (Å²) >= 11 is 0. The van der Waals surface area contributed by atoms with Crippen LogP contribution in [0.25, 0.3) is 0 Å². The molecule has 0 aromatic heterocycles. The number of ether oxygens (including phenoxy) is 4. The summed E-state index contributed by atoms with van der Waals surface area (Å²) < 4.78 is 48.2. The van der Waals surface area contributed by atoms with Crippen LogP contribution in [0, 0.1) is 0 Å². The third-order valence-electron chi connectivity index (χ3n) is 4.41. The van der Waals surface area contributed by atoms with E-state index in [1.807, 2.05) is 6.92 Å². The number of benzene rings is 2. The van der Waals surface area contributed by atoms with E-state index >= 15 is 0 Å². The number of fused-ring (bicyclic) bond motifs is 1. The van der Waals surface area contributed by atoms with Gasteiger partial charge >= 0.3 is 0 Å². The number of aliphatic hydroxyl groups is 1. The number of rotatable bonds is 12. The number of hydrogen-bond acceptors (Lipinski definition) is 8. The third kappa shape index (κ3) is 6.74. The summed E-state index contributed by atoms with van der Waals surface area (Å²) in [5, 5.41) is 12.5. The van der Waals surface area contributed by atoms with Crippen LogP contribution in [0.15, 0.2) is 47.4 Å². The topological polar surface area (TPSA) is 132 Å². The Morgan fingerprint density at radius 3 is 2.56 bits per heavy atom. The fraction of sp³-hybridized carbons (Fsp3) is 0.381. The molecule has 11 heteroatoms. The predicted molar refractivity (Wildman–Crippen MR) is 114 cm³/mol. The molecule has 0 spiro atoms. The maximum atomic E-state index is 12.3. The van der Waals surface area contributed by atoms with E-state index in [2.05, 4.69) is 10.0 Å². The molecule has 1 aliphatic rings. The molecule has 0 radical (unpaired) electrons. The zero-order chi connectivity index (χ0) is 23.0. The van der Waals surface area contributed by atoms with Gasteiger partial charge in [-0.05, 0) is 43.3 Å². The zero-order valence-corrected chi connectivity index (χ0v) is 18.4. The van der Waals surface area contributed by atoms with Crippen molar-refractivity contribution in [3.05, 3.63) is 42.5 Å². The number of nitrogens with one attached hydrogen (secondary N) is 2. The monoisotopic (exact) mass is 466 g/mol. The SMILES string of the molecule is CCOc1ccc(S(=O)(=O)NCCC(=O)NCC(O)COc2ccc3c(c2)OCO3)cc1. The number of carbonyl (C=O) groups excluding carboxylic acids is 1. The smallest absolute Gasteiger partial charge is 0.240 e. The van der Waals surface area contributed by atoms with Crippen molar-refractivity contribution in [3.63, 3.8) is 0 Å². The predicted octanol–water partition coefficient (Wildman–Crippen LogP) is 1.04. The Kier molecular flexibility index (Phi) is 8.14. The number of sulfonamides is 1. The molecule has 3 rings (SSSR count). The lowest BCUT2D eigenvalue weighted by Crippen LogP contribution is -2.37. The van der Waals surface area contributed by atoms with Crippen LogP contribution in [-0.4, -0.2) is 58.6 Å². The van der Waals surface area contributed by atoms with E-state index < -0.39 is 22.0 Å². The highest BCUT2D eigenvalue weighted by Gasteiger charge is 2.16. The van der Waals surface area contributed by atoms with E-state index in [0.717, 1.165) is 0 Å². The minimum absolute atomic E-state index is 0.0327. The maximum absolute atomic E-state index is 12.3. The zero-order valence-electron chi connectivity index (χ0n) is 17.6. The van der Waals surface area contributed by atoms with Crippen LogP contribution >= 0.6 is 0 Å². The van der Waals surface area contributed by atoms with Gasteiger partial charge in [-0.2, -0.15) is 0 Å². The summed E-state index contributed by atoms with van der Waals surface area (Å²) in [6.45, 7) is 2.33. The molecular weight excluding hydrogens is 440 g/mol. The largest absolute Gasteiger partial charge is 0.494 e.